The molecule has 2 heteroatoms. The normalized spacial score (nSPS) is 11.2. The topological polar surface area (TPSA) is 43.1 Å². The van der Waals surface area contributed by atoms with E-state index in [1.165, 1.54) is 5.56 Å². The van der Waals surface area contributed by atoms with Gasteiger partial charge in [-0.2, -0.15) is 0 Å². The molecule has 2 N–H and O–H groups in total. The molecule has 0 saturated carbocycles. The lowest BCUT2D eigenvalue weighted by atomic mass is 10.1. The minimum absolute atomic E-state index is 0.302. The van der Waals surface area contributed by atoms with E-state index in [9.17, 15) is 4.79 Å². The molecule has 118 valence electrons. The zero-order chi connectivity index (χ0) is 16.2. The molecule has 0 aliphatic heterocycles. The molecular weight excluding hydrogens is 270 g/mol. The second kappa shape index (κ2) is 10.7. The van der Waals surface area contributed by atoms with E-state index in [4.69, 9.17) is 5.73 Å². The maximum atomic E-state index is 11.0. The highest BCUT2D eigenvalue weighted by Gasteiger charge is 1.99. The molecule has 2 nitrogen and oxygen atoms in total. The molecule has 0 bridgehead atoms. The number of hydrogen-bond donors (Lipinski definition) is 1. The van der Waals surface area contributed by atoms with Crippen LogP contribution < -0.4 is 5.73 Å². The third-order valence-electron chi connectivity index (χ3n) is 3.50. The van der Waals surface area contributed by atoms with Gasteiger partial charge < -0.3 is 5.73 Å². The Morgan fingerprint density at radius 3 is 1.86 bits per heavy atom. The second-order valence-corrected chi connectivity index (χ2v) is 5.41. The number of ketones is 1. The van der Waals surface area contributed by atoms with Crippen LogP contribution in [0.15, 0.2) is 60.7 Å². The fourth-order valence-electron chi connectivity index (χ4n) is 2.01. The Labute approximate surface area is 134 Å². The van der Waals surface area contributed by atoms with E-state index >= 15 is 0 Å². The Balaban J connectivity index is 0.000000220. The van der Waals surface area contributed by atoms with Gasteiger partial charge in [-0.15, -0.1) is 0 Å². The summed E-state index contributed by atoms with van der Waals surface area (Å²) in [6.45, 7) is 4.01. The molecule has 2 rings (SSSR count). The predicted molar refractivity (Wildman–Crippen MR) is 93.9 cm³/mol. The summed E-state index contributed by atoms with van der Waals surface area (Å²) in [6, 6.07) is 20.5. The number of carbonyl (C=O) groups is 1. The van der Waals surface area contributed by atoms with Crippen molar-refractivity contribution >= 4 is 5.78 Å². The molecule has 0 saturated heterocycles. The lowest BCUT2D eigenvalue weighted by Gasteiger charge is -2.07. The first-order valence-electron chi connectivity index (χ1n) is 8.00. The number of benzene rings is 2. The van der Waals surface area contributed by atoms with Crippen molar-refractivity contribution in [3.8, 4) is 0 Å². The van der Waals surface area contributed by atoms with Gasteiger partial charge in [0.2, 0.25) is 0 Å². The molecule has 2 aromatic carbocycles. The van der Waals surface area contributed by atoms with E-state index in [-0.39, 0.29) is 0 Å². The average Bonchev–Trinajstić information content (AvgIpc) is 2.57. The highest BCUT2D eigenvalue weighted by atomic mass is 16.1. The SMILES string of the molecule is CCC(=O)Cc1ccccc1.CC[C@H](N)Cc1ccccc1. The van der Waals surface area contributed by atoms with Gasteiger partial charge in [0.25, 0.3) is 0 Å². The molecule has 2 aromatic rings. The number of carbonyl (C=O) groups excluding carboxylic acids is 1. The number of rotatable bonds is 6. The maximum absolute atomic E-state index is 11.0. The zero-order valence-electron chi connectivity index (χ0n) is 13.7. The van der Waals surface area contributed by atoms with Gasteiger partial charge in [-0.1, -0.05) is 74.5 Å². The molecule has 0 aliphatic carbocycles. The third-order valence-corrected chi connectivity index (χ3v) is 3.50. The highest BCUT2D eigenvalue weighted by Crippen LogP contribution is 2.03. The van der Waals surface area contributed by atoms with Crippen LogP contribution in [0.4, 0.5) is 0 Å². The van der Waals surface area contributed by atoms with E-state index < -0.39 is 0 Å². The average molecular weight is 297 g/mol. The third kappa shape index (κ3) is 7.75. The molecule has 0 radical (unpaired) electrons. The Hall–Kier alpha value is -1.93. The van der Waals surface area contributed by atoms with Crippen molar-refractivity contribution < 1.29 is 4.79 Å². The second-order valence-electron chi connectivity index (χ2n) is 5.41. The lowest BCUT2D eigenvalue weighted by Crippen LogP contribution is -2.21. The summed E-state index contributed by atoms with van der Waals surface area (Å²) in [5.41, 5.74) is 8.25. The van der Waals surface area contributed by atoms with Gasteiger partial charge in [-0.3, -0.25) is 4.79 Å². The molecule has 0 fully saturated rings. The van der Waals surface area contributed by atoms with Crippen molar-refractivity contribution in [3.63, 3.8) is 0 Å². The van der Waals surface area contributed by atoms with Crippen LogP contribution in [0, 0.1) is 0 Å². The van der Waals surface area contributed by atoms with Crippen molar-refractivity contribution in [2.75, 3.05) is 0 Å². The van der Waals surface area contributed by atoms with E-state index in [0.29, 0.717) is 24.7 Å². The summed E-state index contributed by atoms with van der Waals surface area (Å²) in [6.07, 6.45) is 3.26. The summed E-state index contributed by atoms with van der Waals surface area (Å²) in [4.78, 5) is 11.0. The zero-order valence-corrected chi connectivity index (χ0v) is 13.7. The Kier molecular flexibility index (Phi) is 8.85. The molecule has 0 heterocycles. The van der Waals surface area contributed by atoms with E-state index in [2.05, 4.69) is 31.2 Å². The molecule has 0 unspecified atom stereocenters. The quantitative estimate of drug-likeness (QED) is 0.869. The summed E-state index contributed by atoms with van der Waals surface area (Å²) in [5.74, 6) is 0.302. The molecular formula is C20H27NO. The maximum Gasteiger partial charge on any atom is 0.136 e. The fourth-order valence-corrected chi connectivity index (χ4v) is 2.01. The lowest BCUT2D eigenvalue weighted by molar-refractivity contribution is -0.118. The van der Waals surface area contributed by atoms with Crippen LogP contribution in [-0.4, -0.2) is 11.8 Å². The number of Topliss-reactive ketones (excluding diaryl/α,β-unsaturated/α-hetero) is 1. The Morgan fingerprint density at radius 1 is 0.909 bits per heavy atom. The molecule has 0 amide bonds. The first-order valence-corrected chi connectivity index (χ1v) is 8.00. The number of hydrogen-bond acceptors (Lipinski definition) is 2. The predicted octanol–water partition coefficient (Wildman–Crippen LogP) is 4.17. The molecule has 1 atom stereocenters. The monoisotopic (exact) mass is 297 g/mol. The van der Waals surface area contributed by atoms with Gasteiger partial charge in [0, 0.05) is 18.9 Å². The smallest absolute Gasteiger partial charge is 0.136 e. The highest BCUT2D eigenvalue weighted by molar-refractivity contribution is 5.80. The van der Waals surface area contributed by atoms with E-state index in [0.717, 1.165) is 18.4 Å². The minimum atomic E-state index is 0.302. The summed E-state index contributed by atoms with van der Waals surface area (Å²) >= 11 is 0. The van der Waals surface area contributed by atoms with Gasteiger partial charge in [0.15, 0.2) is 0 Å². The summed E-state index contributed by atoms with van der Waals surface area (Å²) < 4.78 is 0. The van der Waals surface area contributed by atoms with Crippen LogP contribution in [0.25, 0.3) is 0 Å². The first kappa shape index (κ1) is 18.1. The Morgan fingerprint density at radius 2 is 1.41 bits per heavy atom. The van der Waals surface area contributed by atoms with Crippen LogP contribution >= 0.6 is 0 Å². The van der Waals surface area contributed by atoms with Crippen LogP contribution in [-0.2, 0) is 17.6 Å². The van der Waals surface area contributed by atoms with Gasteiger partial charge in [0.1, 0.15) is 5.78 Å². The first-order chi connectivity index (χ1) is 10.7. The van der Waals surface area contributed by atoms with Crippen molar-refractivity contribution in [3.05, 3.63) is 71.8 Å². The van der Waals surface area contributed by atoms with Gasteiger partial charge in [0.05, 0.1) is 0 Å². The summed E-state index contributed by atoms with van der Waals surface area (Å²) in [5, 5.41) is 0. The van der Waals surface area contributed by atoms with Gasteiger partial charge in [-0.25, -0.2) is 0 Å². The largest absolute Gasteiger partial charge is 0.327 e. The minimum Gasteiger partial charge on any atom is -0.327 e. The van der Waals surface area contributed by atoms with Crippen molar-refractivity contribution in [1.82, 2.24) is 0 Å². The van der Waals surface area contributed by atoms with Crippen LogP contribution in [0.2, 0.25) is 0 Å². The molecule has 22 heavy (non-hydrogen) atoms. The fraction of sp³-hybridized carbons (Fsp3) is 0.350. The van der Waals surface area contributed by atoms with Crippen molar-refractivity contribution in [2.24, 2.45) is 5.73 Å². The molecule has 0 spiro atoms. The number of nitrogens with two attached hydrogens (primary N) is 1. The standard InChI is InChI=1S/C10H15N.C10H12O/c2*1-2-10(11)8-9-6-4-3-5-7-9/h3-7,10H,2,8,11H2,1H3;3-7H,2,8H2,1H3/t10-;/m0./s1. The van der Waals surface area contributed by atoms with E-state index in [1.54, 1.807) is 0 Å². The van der Waals surface area contributed by atoms with Crippen LogP contribution in [0.3, 0.4) is 0 Å². The summed E-state index contributed by atoms with van der Waals surface area (Å²) in [7, 11) is 0. The van der Waals surface area contributed by atoms with Gasteiger partial charge >= 0.3 is 0 Å². The van der Waals surface area contributed by atoms with Crippen molar-refractivity contribution in [1.29, 1.82) is 0 Å². The Bertz CT molecular complexity index is 522. The van der Waals surface area contributed by atoms with Crippen LogP contribution in [0.1, 0.15) is 37.8 Å². The molecule has 0 aromatic heterocycles. The molecule has 0 aliphatic rings. The van der Waals surface area contributed by atoms with Crippen LogP contribution in [0.5, 0.6) is 0 Å². The van der Waals surface area contributed by atoms with E-state index in [1.807, 2.05) is 43.3 Å². The van der Waals surface area contributed by atoms with Gasteiger partial charge in [-0.05, 0) is 24.0 Å². The van der Waals surface area contributed by atoms with Crippen molar-refractivity contribution in [2.45, 2.75) is 45.6 Å².